The third-order valence-corrected chi connectivity index (χ3v) is 4.39. The molecule has 136 valence electrons. The second-order valence-corrected chi connectivity index (χ2v) is 6.22. The van der Waals surface area contributed by atoms with Crippen molar-refractivity contribution in [3.63, 3.8) is 0 Å². The van der Waals surface area contributed by atoms with Gasteiger partial charge in [-0.2, -0.15) is 0 Å². The van der Waals surface area contributed by atoms with Crippen molar-refractivity contribution >= 4 is 17.7 Å². The molecule has 2 aromatic carbocycles. The molecule has 0 saturated carbocycles. The number of carboxylic acid groups (broad SMARTS) is 1. The monoisotopic (exact) mass is 355 g/mol. The second-order valence-electron chi connectivity index (χ2n) is 6.22. The first-order valence-corrected chi connectivity index (χ1v) is 8.41. The van der Waals surface area contributed by atoms with Crippen molar-refractivity contribution in [1.82, 2.24) is 9.80 Å². The molecule has 7 nitrogen and oxygen atoms in total. The molecular weight excluding hydrogens is 334 g/mol. The van der Waals surface area contributed by atoms with Crippen molar-refractivity contribution in [2.45, 2.75) is 6.54 Å². The predicted molar refractivity (Wildman–Crippen MR) is 97.4 cm³/mol. The lowest BCUT2D eigenvalue weighted by Crippen LogP contribution is -2.49. The van der Waals surface area contributed by atoms with E-state index in [0.717, 1.165) is 19.6 Å². The Balaban J connectivity index is 1.52. The Bertz CT molecular complexity index is 787. The number of benzene rings is 2. The highest BCUT2D eigenvalue weighted by Crippen LogP contribution is 2.22. The first-order chi connectivity index (χ1) is 12.5. The average molecular weight is 355 g/mol. The van der Waals surface area contributed by atoms with Gasteiger partial charge >= 0.3 is 12.0 Å². The van der Waals surface area contributed by atoms with Crippen molar-refractivity contribution in [3.05, 3.63) is 59.7 Å². The summed E-state index contributed by atoms with van der Waals surface area (Å²) in [6, 6.07) is 13.9. The number of amides is 2. The Morgan fingerprint density at radius 2 is 1.69 bits per heavy atom. The van der Waals surface area contributed by atoms with Gasteiger partial charge in [-0.25, -0.2) is 9.59 Å². The number of carbonyl (C=O) groups excluding carboxylic acids is 1. The van der Waals surface area contributed by atoms with E-state index < -0.39 is 5.97 Å². The van der Waals surface area contributed by atoms with Gasteiger partial charge in [0.1, 0.15) is 11.3 Å². The molecule has 2 aromatic rings. The van der Waals surface area contributed by atoms with Crippen LogP contribution in [0, 0.1) is 0 Å². The SMILES string of the molecule is O=C(O)c1ccc(NC(=O)N2CCN(Cc3ccccc3)CC2)cc1O. The number of aromatic carboxylic acids is 1. The summed E-state index contributed by atoms with van der Waals surface area (Å²) < 4.78 is 0. The maximum absolute atomic E-state index is 12.4. The summed E-state index contributed by atoms with van der Waals surface area (Å²) in [6.45, 7) is 3.65. The standard InChI is InChI=1S/C19H21N3O4/c23-17-12-15(6-7-16(17)18(24)25)20-19(26)22-10-8-21(9-11-22)13-14-4-2-1-3-5-14/h1-7,12,23H,8-11,13H2,(H,20,26)(H,24,25). The van der Waals surface area contributed by atoms with Crippen LogP contribution in [0.5, 0.6) is 5.75 Å². The van der Waals surface area contributed by atoms with Crippen molar-refractivity contribution in [2.75, 3.05) is 31.5 Å². The van der Waals surface area contributed by atoms with E-state index in [4.69, 9.17) is 5.11 Å². The third-order valence-electron chi connectivity index (χ3n) is 4.39. The summed E-state index contributed by atoms with van der Waals surface area (Å²) in [5, 5.41) is 21.3. The molecule has 1 saturated heterocycles. The summed E-state index contributed by atoms with van der Waals surface area (Å²) in [7, 11) is 0. The van der Waals surface area contributed by atoms with Gasteiger partial charge in [-0.15, -0.1) is 0 Å². The molecule has 3 N–H and O–H groups in total. The fourth-order valence-corrected chi connectivity index (χ4v) is 2.94. The molecule has 1 fully saturated rings. The van der Waals surface area contributed by atoms with Crippen molar-refractivity contribution < 1.29 is 19.8 Å². The van der Waals surface area contributed by atoms with Crippen LogP contribution in [0.4, 0.5) is 10.5 Å². The summed E-state index contributed by atoms with van der Waals surface area (Å²) in [6.07, 6.45) is 0. The molecule has 26 heavy (non-hydrogen) atoms. The zero-order valence-electron chi connectivity index (χ0n) is 14.3. The van der Waals surface area contributed by atoms with E-state index >= 15 is 0 Å². The molecule has 0 aliphatic carbocycles. The first-order valence-electron chi connectivity index (χ1n) is 8.41. The van der Waals surface area contributed by atoms with Crippen LogP contribution in [0.1, 0.15) is 15.9 Å². The Morgan fingerprint density at radius 1 is 1.00 bits per heavy atom. The van der Waals surface area contributed by atoms with E-state index in [1.807, 2.05) is 18.2 Å². The molecule has 0 unspecified atom stereocenters. The van der Waals surface area contributed by atoms with Crippen LogP contribution in [0.25, 0.3) is 0 Å². The highest BCUT2D eigenvalue weighted by Gasteiger charge is 2.21. The molecule has 1 aliphatic heterocycles. The van der Waals surface area contributed by atoms with Gasteiger partial charge in [0, 0.05) is 44.5 Å². The van der Waals surface area contributed by atoms with Crippen LogP contribution >= 0.6 is 0 Å². The summed E-state index contributed by atoms with van der Waals surface area (Å²) in [4.78, 5) is 27.3. The van der Waals surface area contributed by atoms with Gasteiger partial charge < -0.3 is 20.4 Å². The number of carbonyl (C=O) groups is 2. The summed E-state index contributed by atoms with van der Waals surface area (Å²) in [5.74, 6) is -1.59. The van der Waals surface area contributed by atoms with E-state index in [1.165, 1.54) is 23.8 Å². The van der Waals surface area contributed by atoms with Gasteiger partial charge in [0.05, 0.1) is 0 Å². The highest BCUT2D eigenvalue weighted by molar-refractivity contribution is 5.94. The lowest BCUT2D eigenvalue weighted by Gasteiger charge is -2.34. The molecule has 0 atom stereocenters. The molecule has 3 rings (SSSR count). The van der Waals surface area contributed by atoms with Gasteiger partial charge in [-0.05, 0) is 17.7 Å². The van der Waals surface area contributed by atoms with Crippen LogP contribution in [0.2, 0.25) is 0 Å². The number of rotatable bonds is 4. The zero-order valence-corrected chi connectivity index (χ0v) is 14.3. The van der Waals surface area contributed by atoms with Crippen LogP contribution in [-0.2, 0) is 6.54 Å². The van der Waals surface area contributed by atoms with Gasteiger partial charge in [-0.1, -0.05) is 30.3 Å². The second kappa shape index (κ2) is 7.88. The minimum absolute atomic E-state index is 0.197. The fourth-order valence-electron chi connectivity index (χ4n) is 2.94. The number of carboxylic acids is 1. The Morgan fingerprint density at radius 3 is 2.31 bits per heavy atom. The van der Waals surface area contributed by atoms with E-state index in [9.17, 15) is 14.7 Å². The molecule has 2 amide bonds. The molecule has 0 aromatic heterocycles. The number of piperazine rings is 1. The van der Waals surface area contributed by atoms with Crippen molar-refractivity contribution in [1.29, 1.82) is 0 Å². The number of phenols is 1. The number of nitrogens with one attached hydrogen (secondary N) is 1. The highest BCUT2D eigenvalue weighted by atomic mass is 16.4. The minimum atomic E-state index is -1.21. The number of nitrogens with zero attached hydrogens (tertiary/aromatic N) is 2. The van der Waals surface area contributed by atoms with E-state index in [-0.39, 0.29) is 17.3 Å². The van der Waals surface area contributed by atoms with Crippen LogP contribution in [-0.4, -0.2) is 58.2 Å². The smallest absolute Gasteiger partial charge is 0.339 e. The Hall–Kier alpha value is -3.06. The molecule has 1 aliphatic rings. The number of aromatic hydroxyl groups is 1. The third kappa shape index (κ3) is 4.31. The summed E-state index contributed by atoms with van der Waals surface area (Å²) >= 11 is 0. The van der Waals surface area contributed by atoms with Gasteiger partial charge in [0.15, 0.2) is 0 Å². The van der Waals surface area contributed by atoms with Gasteiger partial charge in [0.2, 0.25) is 0 Å². The van der Waals surface area contributed by atoms with Crippen LogP contribution < -0.4 is 5.32 Å². The first kappa shape index (κ1) is 17.8. The maximum Gasteiger partial charge on any atom is 0.339 e. The minimum Gasteiger partial charge on any atom is -0.507 e. The molecule has 7 heteroatoms. The topological polar surface area (TPSA) is 93.1 Å². The zero-order chi connectivity index (χ0) is 18.5. The van der Waals surface area contributed by atoms with Crippen LogP contribution in [0.3, 0.4) is 0 Å². The number of hydrogen-bond donors (Lipinski definition) is 3. The van der Waals surface area contributed by atoms with E-state index in [1.54, 1.807) is 4.90 Å². The van der Waals surface area contributed by atoms with Crippen LogP contribution in [0.15, 0.2) is 48.5 Å². The largest absolute Gasteiger partial charge is 0.507 e. The lowest BCUT2D eigenvalue weighted by molar-refractivity contribution is 0.0693. The Kier molecular flexibility index (Phi) is 5.38. The quantitative estimate of drug-likeness (QED) is 0.783. The van der Waals surface area contributed by atoms with E-state index in [0.29, 0.717) is 18.8 Å². The predicted octanol–water partition coefficient (Wildman–Crippen LogP) is 2.44. The number of urea groups is 1. The molecule has 0 bridgehead atoms. The molecular formula is C19H21N3O4. The molecule has 0 spiro atoms. The van der Waals surface area contributed by atoms with Crippen molar-refractivity contribution in [3.8, 4) is 5.75 Å². The van der Waals surface area contributed by atoms with Gasteiger partial charge in [0.25, 0.3) is 0 Å². The van der Waals surface area contributed by atoms with E-state index in [2.05, 4.69) is 22.3 Å². The summed E-state index contributed by atoms with van der Waals surface area (Å²) in [5.41, 5.74) is 1.42. The maximum atomic E-state index is 12.4. The number of hydrogen-bond acceptors (Lipinski definition) is 4. The fraction of sp³-hybridized carbons (Fsp3) is 0.263. The Labute approximate surface area is 151 Å². The van der Waals surface area contributed by atoms with Gasteiger partial charge in [-0.3, -0.25) is 4.90 Å². The van der Waals surface area contributed by atoms with Crippen molar-refractivity contribution in [2.24, 2.45) is 0 Å². The average Bonchev–Trinajstić information content (AvgIpc) is 2.63. The molecule has 0 radical (unpaired) electrons. The number of anilines is 1. The lowest BCUT2D eigenvalue weighted by atomic mass is 10.2. The molecule has 1 heterocycles. The normalized spacial score (nSPS) is 14.8.